The summed E-state index contributed by atoms with van der Waals surface area (Å²) >= 11 is 0. The predicted octanol–water partition coefficient (Wildman–Crippen LogP) is 1.62. The van der Waals surface area contributed by atoms with E-state index >= 15 is 0 Å². The molecule has 142 valence electrons. The van der Waals surface area contributed by atoms with E-state index in [1.165, 1.54) is 18.2 Å². The Labute approximate surface area is 154 Å². The normalized spacial score (nSPS) is 21.3. The van der Waals surface area contributed by atoms with Crippen molar-refractivity contribution in [3.8, 4) is 0 Å². The maximum Gasteiger partial charge on any atom is 0.248 e. The Morgan fingerprint density at radius 2 is 2.04 bits per heavy atom. The molecule has 1 aromatic rings. The van der Waals surface area contributed by atoms with E-state index in [4.69, 9.17) is 9.47 Å². The number of nitrogens with zero attached hydrogens (tertiary/aromatic N) is 1. The summed E-state index contributed by atoms with van der Waals surface area (Å²) in [6, 6.07) is 8.34. The highest BCUT2D eigenvalue weighted by Crippen LogP contribution is 2.43. The van der Waals surface area contributed by atoms with Crippen LogP contribution in [0.1, 0.15) is 37.3 Å². The topological polar surface area (TPSA) is 67.9 Å². The first-order valence-electron chi connectivity index (χ1n) is 9.37. The molecule has 6 heteroatoms. The molecule has 1 fully saturated rings. The fourth-order valence-corrected chi connectivity index (χ4v) is 4.12. The van der Waals surface area contributed by atoms with E-state index in [-0.39, 0.29) is 24.5 Å². The average Bonchev–Trinajstić information content (AvgIpc) is 2.63. The van der Waals surface area contributed by atoms with Gasteiger partial charge in [0.05, 0.1) is 18.1 Å². The summed E-state index contributed by atoms with van der Waals surface area (Å²) in [7, 11) is 1.54. The number of fused-ring (bicyclic) bond motifs is 2. The van der Waals surface area contributed by atoms with Crippen LogP contribution >= 0.6 is 0 Å². The lowest BCUT2D eigenvalue weighted by Crippen LogP contribution is -2.51. The summed E-state index contributed by atoms with van der Waals surface area (Å²) in [5, 5.41) is 2.86. The van der Waals surface area contributed by atoms with Crippen molar-refractivity contribution in [3.05, 3.63) is 35.4 Å². The van der Waals surface area contributed by atoms with Crippen LogP contribution in [0, 0.1) is 0 Å². The fraction of sp³-hybridized carbons (Fsp3) is 0.600. The van der Waals surface area contributed by atoms with Crippen molar-refractivity contribution in [2.75, 3.05) is 33.4 Å². The maximum atomic E-state index is 12.1. The highest BCUT2D eigenvalue weighted by molar-refractivity contribution is 5.77. The van der Waals surface area contributed by atoms with Crippen LogP contribution in [0.25, 0.3) is 0 Å². The Morgan fingerprint density at radius 3 is 2.73 bits per heavy atom. The van der Waals surface area contributed by atoms with Gasteiger partial charge in [0.25, 0.3) is 0 Å². The Hall–Kier alpha value is -1.92. The highest BCUT2D eigenvalue weighted by atomic mass is 16.5. The minimum atomic E-state index is -0.407. The van der Waals surface area contributed by atoms with Crippen LogP contribution in [0.2, 0.25) is 0 Å². The second-order valence-electron chi connectivity index (χ2n) is 7.07. The van der Waals surface area contributed by atoms with Crippen LogP contribution in [0.3, 0.4) is 0 Å². The van der Waals surface area contributed by atoms with Crippen LogP contribution < -0.4 is 5.32 Å². The van der Waals surface area contributed by atoms with E-state index in [0.717, 1.165) is 19.3 Å². The van der Waals surface area contributed by atoms with Gasteiger partial charge in [-0.1, -0.05) is 24.3 Å². The zero-order valence-corrected chi connectivity index (χ0v) is 15.6. The Bertz CT molecular complexity index is 653. The predicted molar refractivity (Wildman–Crippen MR) is 97.7 cm³/mol. The molecule has 0 radical (unpaired) electrons. The van der Waals surface area contributed by atoms with E-state index in [2.05, 4.69) is 17.4 Å². The van der Waals surface area contributed by atoms with Gasteiger partial charge >= 0.3 is 0 Å². The molecule has 0 aliphatic carbocycles. The highest BCUT2D eigenvalue weighted by Gasteiger charge is 2.44. The Morgan fingerprint density at radius 1 is 1.31 bits per heavy atom. The zero-order chi connectivity index (χ0) is 18.6. The maximum absolute atomic E-state index is 12.1. The molecular weight excluding hydrogens is 332 g/mol. The molecule has 1 atom stereocenters. The van der Waals surface area contributed by atoms with Gasteiger partial charge in [0, 0.05) is 26.7 Å². The molecule has 1 spiro atoms. The summed E-state index contributed by atoms with van der Waals surface area (Å²) in [5.41, 5.74) is 2.06. The summed E-state index contributed by atoms with van der Waals surface area (Å²) < 4.78 is 11.5. The third-order valence-electron chi connectivity index (χ3n) is 5.33. The largest absolute Gasteiger partial charge is 0.375 e. The zero-order valence-electron chi connectivity index (χ0n) is 15.6. The number of piperidine rings is 1. The first kappa shape index (κ1) is 18.9. The number of carbonyl (C=O) groups excluding carboxylic acids is 2. The van der Waals surface area contributed by atoms with Crippen molar-refractivity contribution in [1.82, 2.24) is 10.2 Å². The number of methoxy groups -OCH3 is 1. The number of hydrogen-bond acceptors (Lipinski definition) is 4. The molecule has 26 heavy (non-hydrogen) atoms. The second kappa shape index (κ2) is 8.18. The van der Waals surface area contributed by atoms with Crippen LogP contribution in [-0.4, -0.2) is 56.2 Å². The number of likely N-dealkylation sites (tertiary alicyclic amines) is 1. The van der Waals surface area contributed by atoms with E-state index in [9.17, 15) is 9.59 Å². The molecule has 2 heterocycles. The molecule has 2 aliphatic heterocycles. The number of nitrogens with one attached hydrogen (secondary N) is 1. The van der Waals surface area contributed by atoms with Crippen molar-refractivity contribution in [3.63, 3.8) is 0 Å². The van der Waals surface area contributed by atoms with E-state index in [1.54, 1.807) is 0 Å². The van der Waals surface area contributed by atoms with E-state index < -0.39 is 5.60 Å². The van der Waals surface area contributed by atoms with Crippen LogP contribution in [0.4, 0.5) is 0 Å². The molecule has 1 saturated heterocycles. The van der Waals surface area contributed by atoms with Gasteiger partial charge < -0.3 is 19.7 Å². The standard InChI is InChI=1S/C20H28N2O4/c1-3-21-18(23)13-16-12-15-6-4-5-7-17(15)20(26-16)8-10-22(11-9-20)19(24)14-25-2/h4-7,16H,3,8-14H2,1-2H3,(H,21,23)/t16-/m1/s1. The number of hydrogen-bond donors (Lipinski definition) is 1. The third kappa shape index (κ3) is 3.91. The third-order valence-corrected chi connectivity index (χ3v) is 5.33. The van der Waals surface area contributed by atoms with Gasteiger partial charge in [-0.2, -0.15) is 0 Å². The van der Waals surface area contributed by atoms with Gasteiger partial charge in [-0.15, -0.1) is 0 Å². The van der Waals surface area contributed by atoms with Gasteiger partial charge in [-0.25, -0.2) is 0 Å². The number of benzene rings is 1. The summed E-state index contributed by atoms with van der Waals surface area (Å²) in [4.78, 5) is 26.0. The lowest BCUT2D eigenvalue weighted by Gasteiger charge is -2.47. The molecule has 6 nitrogen and oxygen atoms in total. The van der Waals surface area contributed by atoms with Crippen molar-refractivity contribution < 1.29 is 19.1 Å². The van der Waals surface area contributed by atoms with Gasteiger partial charge in [-0.05, 0) is 37.3 Å². The number of ether oxygens (including phenoxy) is 2. The SMILES string of the molecule is CCNC(=O)C[C@H]1Cc2ccccc2C2(CCN(C(=O)COC)CC2)O1. The smallest absolute Gasteiger partial charge is 0.248 e. The first-order chi connectivity index (χ1) is 12.6. The quantitative estimate of drug-likeness (QED) is 0.866. The molecule has 0 aromatic heterocycles. The summed E-state index contributed by atoms with van der Waals surface area (Å²) in [5.74, 6) is 0.0463. The minimum Gasteiger partial charge on any atom is -0.375 e. The molecule has 1 N–H and O–H groups in total. The van der Waals surface area contributed by atoms with Gasteiger partial charge in [-0.3, -0.25) is 9.59 Å². The monoisotopic (exact) mass is 360 g/mol. The molecule has 2 aliphatic rings. The van der Waals surface area contributed by atoms with Gasteiger partial charge in [0.15, 0.2) is 0 Å². The van der Waals surface area contributed by atoms with Crippen molar-refractivity contribution in [2.45, 2.75) is 44.3 Å². The molecule has 2 amide bonds. The molecule has 0 unspecified atom stereocenters. The Kier molecular flexibility index (Phi) is 5.94. The minimum absolute atomic E-state index is 0.0188. The van der Waals surface area contributed by atoms with E-state index in [0.29, 0.717) is 26.1 Å². The average molecular weight is 360 g/mol. The number of amides is 2. The molecule has 1 aromatic carbocycles. The fourth-order valence-electron chi connectivity index (χ4n) is 4.12. The first-order valence-corrected chi connectivity index (χ1v) is 9.37. The molecule has 3 rings (SSSR count). The molecular formula is C20H28N2O4. The molecule has 0 saturated carbocycles. The number of carbonyl (C=O) groups is 2. The summed E-state index contributed by atoms with van der Waals surface area (Å²) in [6.07, 6.45) is 2.48. The van der Waals surface area contributed by atoms with E-state index in [1.807, 2.05) is 24.0 Å². The van der Waals surface area contributed by atoms with Crippen molar-refractivity contribution in [2.24, 2.45) is 0 Å². The number of rotatable bonds is 5. The van der Waals surface area contributed by atoms with Gasteiger partial charge in [0.1, 0.15) is 6.61 Å². The van der Waals surface area contributed by atoms with Crippen LogP contribution in [0.5, 0.6) is 0 Å². The Balaban J connectivity index is 1.77. The summed E-state index contributed by atoms with van der Waals surface area (Å²) in [6.45, 7) is 3.95. The van der Waals surface area contributed by atoms with Gasteiger partial charge in [0.2, 0.25) is 11.8 Å². The van der Waals surface area contributed by atoms with Crippen molar-refractivity contribution in [1.29, 1.82) is 0 Å². The molecule has 0 bridgehead atoms. The second-order valence-corrected chi connectivity index (χ2v) is 7.07. The van der Waals surface area contributed by atoms with Crippen molar-refractivity contribution >= 4 is 11.8 Å². The lowest BCUT2D eigenvalue weighted by atomic mass is 9.78. The lowest BCUT2D eigenvalue weighted by molar-refractivity contribution is -0.158. The van der Waals surface area contributed by atoms with Crippen LogP contribution in [-0.2, 0) is 31.1 Å². The van der Waals surface area contributed by atoms with Crippen LogP contribution in [0.15, 0.2) is 24.3 Å².